The Hall–Kier alpha value is -1.36. The van der Waals surface area contributed by atoms with Gasteiger partial charge in [0, 0.05) is 42.5 Å². The second kappa shape index (κ2) is 7.10. The van der Waals surface area contributed by atoms with Crippen molar-refractivity contribution in [2.24, 2.45) is 11.8 Å². The SMILES string of the molecule is O=C(C1CCN(C(=O)C2CC2c2cccc(Br)c2)CC1)N1CCCC1. The number of halogens is 1. The summed E-state index contributed by atoms with van der Waals surface area (Å²) in [5, 5.41) is 0. The minimum Gasteiger partial charge on any atom is -0.342 e. The van der Waals surface area contributed by atoms with Crippen molar-refractivity contribution in [2.45, 2.75) is 38.0 Å². The van der Waals surface area contributed by atoms with Crippen molar-refractivity contribution in [3.63, 3.8) is 0 Å². The van der Waals surface area contributed by atoms with Gasteiger partial charge in [-0.05, 0) is 55.7 Å². The predicted octanol–water partition coefficient (Wildman–Crippen LogP) is 3.41. The fourth-order valence-corrected chi connectivity index (χ4v) is 4.77. The van der Waals surface area contributed by atoms with Gasteiger partial charge in [-0.25, -0.2) is 0 Å². The minimum absolute atomic E-state index is 0.127. The standard InChI is InChI=1S/C20H25BrN2O2/c21-16-5-3-4-15(12-16)17-13-18(17)20(25)23-10-6-14(7-11-23)19(24)22-8-1-2-9-22/h3-5,12,14,17-18H,1-2,6-11,13H2. The fraction of sp³-hybridized carbons (Fsp3) is 0.600. The highest BCUT2D eigenvalue weighted by atomic mass is 79.9. The summed E-state index contributed by atoms with van der Waals surface area (Å²) in [6.45, 7) is 3.33. The third kappa shape index (κ3) is 3.62. The molecule has 0 N–H and O–H groups in total. The number of carbonyl (C=O) groups is 2. The van der Waals surface area contributed by atoms with Gasteiger partial charge in [0.15, 0.2) is 0 Å². The molecule has 4 rings (SSSR count). The molecule has 1 saturated carbocycles. The largest absolute Gasteiger partial charge is 0.342 e. The molecule has 1 aromatic rings. The Kier molecular flexibility index (Phi) is 4.85. The Morgan fingerprint density at radius 3 is 2.32 bits per heavy atom. The van der Waals surface area contributed by atoms with Crippen molar-refractivity contribution >= 4 is 27.7 Å². The van der Waals surface area contributed by atoms with Gasteiger partial charge in [-0.1, -0.05) is 28.1 Å². The van der Waals surface area contributed by atoms with E-state index in [-0.39, 0.29) is 17.7 Å². The van der Waals surface area contributed by atoms with Crippen LogP contribution in [0.2, 0.25) is 0 Å². The Morgan fingerprint density at radius 2 is 1.64 bits per heavy atom. The summed E-state index contributed by atoms with van der Waals surface area (Å²) in [7, 11) is 0. The third-order valence-corrected chi connectivity index (χ3v) is 6.45. The van der Waals surface area contributed by atoms with E-state index >= 15 is 0 Å². The summed E-state index contributed by atoms with van der Waals surface area (Å²) < 4.78 is 1.07. The summed E-state index contributed by atoms with van der Waals surface area (Å²) in [5.41, 5.74) is 1.26. The number of likely N-dealkylation sites (tertiary alicyclic amines) is 2. The molecule has 2 saturated heterocycles. The predicted molar refractivity (Wildman–Crippen MR) is 100 cm³/mol. The maximum Gasteiger partial charge on any atom is 0.226 e. The molecule has 3 aliphatic rings. The first-order chi connectivity index (χ1) is 12.1. The van der Waals surface area contributed by atoms with Gasteiger partial charge < -0.3 is 9.80 Å². The molecule has 0 radical (unpaired) electrons. The van der Waals surface area contributed by atoms with Crippen LogP contribution in [-0.4, -0.2) is 47.8 Å². The van der Waals surface area contributed by atoms with Crippen molar-refractivity contribution in [2.75, 3.05) is 26.2 Å². The molecular formula is C20H25BrN2O2. The molecular weight excluding hydrogens is 380 g/mol. The van der Waals surface area contributed by atoms with Crippen molar-refractivity contribution < 1.29 is 9.59 Å². The third-order valence-electron chi connectivity index (χ3n) is 5.96. The van der Waals surface area contributed by atoms with Crippen molar-refractivity contribution in [3.05, 3.63) is 34.3 Å². The monoisotopic (exact) mass is 404 g/mol. The summed E-state index contributed by atoms with van der Waals surface area (Å²) in [5.74, 6) is 1.25. The highest BCUT2D eigenvalue weighted by Crippen LogP contribution is 2.49. The Morgan fingerprint density at radius 1 is 0.960 bits per heavy atom. The summed E-state index contributed by atoms with van der Waals surface area (Å²) in [6.07, 6.45) is 4.90. The number of piperidine rings is 1. The van der Waals surface area contributed by atoms with Gasteiger partial charge in [0.25, 0.3) is 0 Å². The lowest BCUT2D eigenvalue weighted by atomic mass is 9.95. The number of rotatable bonds is 3. The molecule has 2 amide bonds. The van der Waals surface area contributed by atoms with Gasteiger partial charge in [-0.2, -0.15) is 0 Å². The van der Waals surface area contributed by atoms with E-state index in [1.54, 1.807) is 0 Å². The number of hydrogen-bond acceptors (Lipinski definition) is 2. The van der Waals surface area contributed by atoms with Crippen LogP contribution in [0.25, 0.3) is 0 Å². The van der Waals surface area contributed by atoms with Crippen LogP contribution in [0.4, 0.5) is 0 Å². The molecule has 4 nitrogen and oxygen atoms in total. The minimum atomic E-state index is 0.127. The van der Waals surface area contributed by atoms with E-state index in [0.717, 1.165) is 62.8 Å². The average molecular weight is 405 g/mol. The van der Waals surface area contributed by atoms with E-state index in [2.05, 4.69) is 28.1 Å². The van der Waals surface area contributed by atoms with Crippen LogP contribution in [0, 0.1) is 11.8 Å². The first kappa shape index (κ1) is 17.1. The number of benzene rings is 1. The van der Waals surface area contributed by atoms with Crippen LogP contribution in [0.3, 0.4) is 0 Å². The molecule has 0 bridgehead atoms. The molecule has 2 atom stereocenters. The van der Waals surface area contributed by atoms with Crippen molar-refractivity contribution in [1.29, 1.82) is 0 Å². The molecule has 2 heterocycles. The molecule has 1 aliphatic carbocycles. The number of nitrogens with zero attached hydrogens (tertiary/aromatic N) is 2. The molecule has 1 aromatic carbocycles. The molecule has 2 aliphatic heterocycles. The molecule has 0 spiro atoms. The van der Waals surface area contributed by atoms with E-state index in [9.17, 15) is 9.59 Å². The Balaban J connectivity index is 1.29. The van der Waals surface area contributed by atoms with E-state index in [4.69, 9.17) is 0 Å². The number of amides is 2. The van der Waals surface area contributed by atoms with E-state index in [1.165, 1.54) is 5.56 Å². The molecule has 25 heavy (non-hydrogen) atoms. The summed E-state index contributed by atoms with van der Waals surface area (Å²) in [4.78, 5) is 29.3. The zero-order chi connectivity index (χ0) is 17.4. The Labute approximate surface area is 157 Å². The molecule has 5 heteroatoms. The normalized spacial score (nSPS) is 26.8. The Bertz CT molecular complexity index is 663. The maximum atomic E-state index is 12.8. The smallest absolute Gasteiger partial charge is 0.226 e. The summed E-state index contributed by atoms with van der Waals surface area (Å²) >= 11 is 3.51. The van der Waals surface area contributed by atoms with E-state index in [1.807, 2.05) is 21.9 Å². The lowest BCUT2D eigenvalue weighted by Gasteiger charge is -2.33. The van der Waals surface area contributed by atoms with Crippen LogP contribution in [0.1, 0.15) is 43.6 Å². The topological polar surface area (TPSA) is 40.6 Å². The van der Waals surface area contributed by atoms with Gasteiger partial charge >= 0.3 is 0 Å². The second-order valence-corrected chi connectivity index (χ2v) is 8.55. The zero-order valence-corrected chi connectivity index (χ0v) is 16.1. The quantitative estimate of drug-likeness (QED) is 0.774. The van der Waals surface area contributed by atoms with Crippen LogP contribution >= 0.6 is 15.9 Å². The lowest BCUT2D eigenvalue weighted by molar-refractivity contribution is -0.140. The fourth-order valence-electron chi connectivity index (χ4n) is 4.35. The van der Waals surface area contributed by atoms with E-state index in [0.29, 0.717) is 11.8 Å². The number of carbonyl (C=O) groups excluding carboxylic acids is 2. The van der Waals surface area contributed by atoms with Crippen LogP contribution in [0.15, 0.2) is 28.7 Å². The molecule has 3 fully saturated rings. The van der Waals surface area contributed by atoms with Gasteiger partial charge in [-0.3, -0.25) is 9.59 Å². The summed E-state index contributed by atoms with van der Waals surface area (Å²) in [6, 6.07) is 8.29. The van der Waals surface area contributed by atoms with Gasteiger partial charge in [-0.15, -0.1) is 0 Å². The highest BCUT2D eigenvalue weighted by Gasteiger charge is 2.46. The lowest BCUT2D eigenvalue weighted by Crippen LogP contribution is -2.44. The highest BCUT2D eigenvalue weighted by molar-refractivity contribution is 9.10. The van der Waals surface area contributed by atoms with Gasteiger partial charge in [0.05, 0.1) is 0 Å². The average Bonchev–Trinajstić information content (AvgIpc) is 3.25. The molecule has 0 aromatic heterocycles. The van der Waals surface area contributed by atoms with Gasteiger partial charge in [0.1, 0.15) is 0 Å². The van der Waals surface area contributed by atoms with E-state index < -0.39 is 0 Å². The van der Waals surface area contributed by atoms with Crippen LogP contribution in [0.5, 0.6) is 0 Å². The number of hydrogen-bond donors (Lipinski definition) is 0. The maximum absolute atomic E-state index is 12.8. The van der Waals surface area contributed by atoms with Crippen LogP contribution in [-0.2, 0) is 9.59 Å². The second-order valence-electron chi connectivity index (χ2n) is 7.64. The van der Waals surface area contributed by atoms with Crippen molar-refractivity contribution in [1.82, 2.24) is 9.80 Å². The first-order valence-electron chi connectivity index (χ1n) is 9.46. The van der Waals surface area contributed by atoms with Crippen LogP contribution < -0.4 is 0 Å². The molecule has 2 unspecified atom stereocenters. The van der Waals surface area contributed by atoms with Gasteiger partial charge in [0.2, 0.25) is 11.8 Å². The molecule has 134 valence electrons. The van der Waals surface area contributed by atoms with Crippen molar-refractivity contribution in [3.8, 4) is 0 Å². The first-order valence-corrected chi connectivity index (χ1v) is 10.3. The zero-order valence-electron chi connectivity index (χ0n) is 14.5.